The molecule has 7 heteroatoms. The molecule has 0 saturated heterocycles. The van der Waals surface area contributed by atoms with Crippen LogP contribution in [0.25, 0.3) is 0 Å². The summed E-state index contributed by atoms with van der Waals surface area (Å²) < 4.78 is 31.9. The molecule has 24 heavy (non-hydrogen) atoms. The standard InChI is InChI=1S/C17H27F2O3PS/c1-14(18,17(19,23)24-2)3-4-22-13(20)15-6-11-5-12(7-15)9-16(21,8-11)10-15/h11-12,21H,3-10,23H2,1-2H3. The molecule has 4 rings (SSSR count). The van der Waals surface area contributed by atoms with Gasteiger partial charge in [0, 0.05) is 6.42 Å². The van der Waals surface area contributed by atoms with E-state index in [2.05, 4.69) is 0 Å². The topological polar surface area (TPSA) is 46.5 Å². The number of esters is 1. The van der Waals surface area contributed by atoms with Crippen molar-refractivity contribution in [1.29, 1.82) is 0 Å². The Morgan fingerprint density at radius 1 is 1.33 bits per heavy atom. The molecular weight excluding hydrogens is 353 g/mol. The number of halogens is 2. The van der Waals surface area contributed by atoms with Gasteiger partial charge < -0.3 is 9.84 Å². The fourth-order valence-corrected chi connectivity index (χ4v) is 6.00. The molecule has 4 aliphatic rings. The van der Waals surface area contributed by atoms with Crippen molar-refractivity contribution >= 4 is 27.0 Å². The molecule has 0 radical (unpaired) electrons. The van der Waals surface area contributed by atoms with Crippen molar-refractivity contribution in [3.63, 3.8) is 0 Å². The van der Waals surface area contributed by atoms with Crippen LogP contribution in [-0.2, 0) is 9.53 Å². The molecule has 4 fully saturated rings. The van der Waals surface area contributed by atoms with Gasteiger partial charge in [0.25, 0.3) is 0 Å². The summed E-state index contributed by atoms with van der Waals surface area (Å²) in [6, 6.07) is 0. The lowest BCUT2D eigenvalue weighted by molar-refractivity contribution is -0.196. The van der Waals surface area contributed by atoms with E-state index in [-0.39, 0.29) is 19.0 Å². The van der Waals surface area contributed by atoms with Gasteiger partial charge in [-0.1, -0.05) is 9.24 Å². The van der Waals surface area contributed by atoms with Crippen LogP contribution in [0.5, 0.6) is 0 Å². The first-order valence-electron chi connectivity index (χ1n) is 8.62. The lowest BCUT2D eigenvalue weighted by Crippen LogP contribution is -2.58. The Morgan fingerprint density at radius 2 is 1.92 bits per heavy atom. The first-order valence-corrected chi connectivity index (χ1v) is 10.4. The first kappa shape index (κ1) is 18.8. The molecule has 4 bridgehead atoms. The highest BCUT2D eigenvalue weighted by atomic mass is 32.2. The molecule has 0 aromatic carbocycles. The van der Waals surface area contributed by atoms with E-state index in [1.807, 2.05) is 9.24 Å². The van der Waals surface area contributed by atoms with Crippen LogP contribution >= 0.6 is 21.0 Å². The Bertz CT molecular complexity index is 512. The minimum Gasteiger partial charge on any atom is -0.465 e. The number of aliphatic hydroxyl groups is 1. The van der Waals surface area contributed by atoms with Gasteiger partial charge in [-0.2, -0.15) is 0 Å². The molecule has 0 aliphatic heterocycles. The number of hydrogen-bond donors (Lipinski definition) is 1. The second-order valence-electron chi connectivity index (χ2n) is 8.40. The Hall–Kier alpha value is 0.0700. The number of carbonyl (C=O) groups is 1. The molecule has 0 aromatic heterocycles. The van der Waals surface area contributed by atoms with Gasteiger partial charge in [-0.05, 0) is 63.5 Å². The zero-order chi connectivity index (χ0) is 17.8. The van der Waals surface area contributed by atoms with E-state index in [0.717, 1.165) is 43.9 Å². The van der Waals surface area contributed by atoms with Crippen molar-refractivity contribution in [2.24, 2.45) is 17.3 Å². The molecule has 0 aromatic rings. The normalized spacial score (nSPS) is 42.4. The van der Waals surface area contributed by atoms with E-state index in [0.29, 0.717) is 18.3 Å². The highest BCUT2D eigenvalue weighted by Gasteiger charge is 2.61. The van der Waals surface area contributed by atoms with E-state index in [4.69, 9.17) is 4.74 Å². The summed E-state index contributed by atoms with van der Waals surface area (Å²) in [7, 11) is 1.90. The van der Waals surface area contributed by atoms with Crippen molar-refractivity contribution in [2.45, 2.75) is 67.9 Å². The van der Waals surface area contributed by atoms with Gasteiger partial charge in [0.2, 0.25) is 4.74 Å². The minimum absolute atomic E-state index is 0.137. The van der Waals surface area contributed by atoms with Crippen molar-refractivity contribution < 1.29 is 23.4 Å². The average molecular weight is 380 g/mol. The van der Waals surface area contributed by atoms with Crippen molar-refractivity contribution in [3.05, 3.63) is 0 Å². The summed E-state index contributed by atoms with van der Waals surface area (Å²) in [5.74, 6) is 0.442. The van der Waals surface area contributed by atoms with Gasteiger partial charge in [0.1, 0.15) is 0 Å². The number of hydrogen-bond acceptors (Lipinski definition) is 4. The fraction of sp³-hybridized carbons (Fsp3) is 0.941. The Kier molecular flexibility index (Phi) is 4.76. The fourth-order valence-electron chi connectivity index (χ4n) is 5.32. The Labute approximate surface area is 148 Å². The molecule has 5 atom stereocenters. The zero-order valence-electron chi connectivity index (χ0n) is 14.3. The lowest BCUT2D eigenvalue weighted by Gasteiger charge is -2.58. The number of ether oxygens (including phenoxy) is 1. The van der Waals surface area contributed by atoms with Gasteiger partial charge in [0.05, 0.1) is 17.6 Å². The maximum atomic E-state index is 14.5. The van der Waals surface area contributed by atoms with Crippen LogP contribution in [0.2, 0.25) is 0 Å². The number of thioether (sulfide) groups is 1. The summed E-state index contributed by atoms with van der Waals surface area (Å²) in [6.45, 7) is 1.06. The predicted molar refractivity (Wildman–Crippen MR) is 94.2 cm³/mol. The highest BCUT2D eigenvalue weighted by Crippen LogP contribution is 2.62. The van der Waals surface area contributed by atoms with E-state index >= 15 is 0 Å². The molecule has 4 saturated carbocycles. The quantitative estimate of drug-likeness (QED) is 0.562. The molecule has 4 aliphatic carbocycles. The molecule has 1 N–H and O–H groups in total. The summed E-state index contributed by atoms with van der Waals surface area (Å²) in [4.78, 5) is 12.7. The average Bonchev–Trinajstić information content (AvgIpc) is 2.44. The van der Waals surface area contributed by atoms with Crippen molar-refractivity contribution in [1.82, 2.24) is 0 Å². The second kappa shape index (κ2) is 6.06. The van der Waals surface area contributed by atoms with Gasteiger partial charge in [-0.25, -0.2) is 8.78 Å². The highest BCUT2D eigenvalue weighted by molar-refractivity contribution is 8.03. The van der Waals surface area contributed by atoms with Crippen LogP contribution in [0.3, 0.4) is 0 Å². The first-order chi connectivity index (χ1) is 11.0. The molecule has 0 amide bonds. The molecule has 5 unspecified atom stereocenters. The number of carbonyl (C=O) groups excluding carboxylic acids is 1. The van der Waals surface area contributed by atoms with E-state index < -0.39 is 21.4 Å². The van der Waals surface area contributed by atoms with Gasteiger partial charge >= 0.3 is 5.97 Å². The molecule has 0 spiro atoms. The van der Waals surface area contributed by atoms with E-state index in [1.165, 1.54) is 13.2 Å². The van der Waals surface area contributed by atoms with E-state index in [9.17, 15) is 18.7 Å². The zero-order valence-corrected chi connectivity index (χ0v) is 16.3. The molecule has 0 heterocycles. The van der Waals surface area contributed by atoms with Crippen LogP contribution in [0.15, 0.2) is 0 Å². The SMILES string of the molecule is CSC(F)(P)C(C)(F)CCOC(=O)C12CC3CC(CC(O)(C3)C1)C2. The van der Waals surface area contributed by atoms with Crippen LogP contribution < -0.4 is 0 Å². The third-order valence-corrected chi connectivity index (χ3v) is 8.60. The monoisotopic (exact) mass is 380 g/mol. The molecular formula is C17H27F2O3PS. The number of alkyl halides is 2. The van der Waals surface area contributed by atoms with Crippen LogP contribution in [-0.4, -0.2) is 40.0 Å². The van der Waals surface area contributed by atoms with Gasteiger partial charge in [-0.3, -0.25) is 4.79 Å². The molecule has 138 valence electrons. The van der Waals surface area contributed by atoms with E-state index in [1.54, 1.807) is 0 Å². The summed E-state index contributed by atoms with van der Waals surface area (Å²) in [6.07, 6.45) is 5.96. The van der Waals surface area contributed by atoms with Crippen LogP contribution in [0.4, 0.5) is 8.78 Å². The predicted octanol–water partition coefficient (Wildman–Crippen LogP) is 3.84. The van der Waals surface area contributed by atoms with Crippen molar-refractivity contribution in [2.75, 3.05) is 12.9 Å². The van der Waals surface area contributed by atoms with Gasteiger partial charge in [0.15, 0.2) is 5.67 Å². The molecule has 3 nitrogen and oxygen atoms in total. The largest absolute Gasteiger partial charge is 0.465 e. The summed E-state index contributed by atoms with van der Waals surface area (Å²) >= 11 is 0.787. The summed E-state index contributed by atoms with van der Waals surface area (Å²) in [5, 5.41) is 10.7. The van der Waals surface area contributed by atoms with Crippen molar-refractivity contribution in [3.8, 4) is 0 Å². The second-order valence-corrected chi connectivity index (χ2v) is 10.6. The minimum atomic E-state index is -2.10. The lowest BCUT2D eigenvalue weighted by atomic mass is 9.48. The third kappa shape index (κ3) is 3.23. The smallest absolute Gasteiger partial charge is 0.312 e. The number of rotatable bonds is 6. The summed E-state index contributed by atoms with van der Waals surface area (Å²) in [5.41, 5.74) is -3.44. The van der Waals surface area contributed by atoms with Crippen LogP contribution in [0, 0.1) is 17.3 Å². The van der Waals surface area contributed by atoms with Gasteiger partial charge in [-0.15, -0.1) is 11.8 Å². The van der Waals surface area contributed by atoms with Crippen LogP contribution in [0.1, 0.15) is 51.9 Å². The Balaban J connectivity index is 1.60. The Morgan fingerprint density at radius 3 is 2.42 bits per heavy atom. The maximum absolute atomic E-state index is 14.5. The maximum Gasteiger partial charge on any atom is 0.312 e. The third-order valence-electron chi connectivity index (χ3n) is 6.28.